The zero-order valence-corrected chi connectivity index (χ0v) is 8.61. The summed E-state index contributed by atoms with van der Waals surface area (Å²) >= 11 is 0. The van der Waals surface area contributed by atoms with E-state index in [1.165, 1.54) is 12.4 Å². The lowest BCUT2D eigenvalue weighted by atomic mass is 10.0. The molecule has 1 aromatic heterocycles. The minimum atomic E-state index is -0.507. The van der Waals surface area contributed by atoms with Crippen molar-refractivity contribution in [1.29, 1.82) is 0 Å². The smallest absolute Gasteiger partial charge is 0.217 e. The zero-order valence-electron chi connectivity index (χ0n) is 8.61. The lowest BCUT2D eigenvalue weighted by Gasteiger charge is -2.28. The molecule has 1 fully saturated rings. The molecule has 1 saturated heterocycles. The molecule has 0 radical (unpaired) electrons. The molecular formula is C10H14FN3O. The molecule has 2 rings (SSSR count). The molecule has 5 heteroatoms. The highest BCUT2D eigenvalue weighted by Crippen LogP contribution is 2.17. The summed E-state index contributed by atoms with van der Waals surface area (Å²) in [7, 11) is 0. The van der Waals surface area contributed by atoms with Crippen LogP contribution in [0.3, 0.4) is 0 Å². The molecule has 0 spiro atoms. The predicted octanol–water partition coefficient (Wildman–Crippen LogP) is 1.60. The Morgan fingerprint density at radius 1 is 1.53 bits per heavy atom. The Bertz CT molecular complexity index is 334. The molecule has 2 atom stereocenters. The predicted molar refractivity (Wildman–Crippen MR) is 54.0 cm³/mol. The van der Waals surface area contributed by atoms with Crippen LogP contribution in [-0.4, -0.2) is 28.7 Å². The molecule has 2 unspecified atom stereocenters. The summed E-state index contributed by atoms with van der Waals surface area (Å²) in [6.07, 6.45) is 3.32. The molecule has 1 aliphatic heterocycles. The van der Waals surface area contributed by atoms with Gasteiger partial charge in [-0.15, -0.1) is 0 Å². The zero-order chi connectivity index (χ0) is 10.7. The Balaban J connectivity index is 1.96. The number of rotatable bonds is 2. The van der Waals surface area contributed by atoms with Crippen LogP contribution in [0.4, 0.5) is 10.2 Å². The van der Waals surface area contributed by atoms with E-state index in [1.54, 1.807) is 0 Å². The molecule has 4 nitrogen and oxygen atoms in total. The SMILES string of the molecule is CC1CC(Nc2cc(F)ncn2)CCO1. The van der Waals surface area contributed by atoms with Crippen LogP contribution in [0.1, 0.15) is 19.8 Å². The fourth-order valence-electron chi connectivity index (χ4n) is 1.75. The van der Waals surface area contributed by atoms with Crippen LogP contribution in [0, 0.1) is 5.95 Å². The largest absolute Gasteiger partial charge is 0.378 e. The third-order valence-electron chi connectivity index (χ3n) is 2.47. The van der Waals surface area contributed by atoms with Crippen LogP contribution in [0.25, 0.3) is 0 Å². The maximum absolute atomic E-state index is 12.8. The number of ether oxygens (including phenoxy) is 1. The molecule has 0 aliphatic carbocycles. The average molecular weight is 211 g/mol. The van der Waals surface area contributed by atoms with Gasteiger partial charge in [0.1, 0.15) is 12.1 Å². The van der Waals surface area contributed by atoms with E-state index in [0.29, 0.717) is 11.9 Å². The van der Waals surface area contributed by atoms with Gasteiger partial charge in [0.2, 0.25) is 5.95 Å². The van der Waals surface area contributed by atoms with E-state index in [0.717, 1.165) is 19.4 Å². The fraction of sp³-hybridized carbons (Fsp3) is 0.600. The lowest BCUT2D eigenvalue weighted by molar-refractivity contribution is 0.0232. The van der Waals surface area contributed by atoms with Crippen LogP contribution in [0.5, 0.6) is 0 Å². The molecule has 0 saturated carbocycles. The molecule has 82 valence electrons. The Kier molecular flexibility index (Phi) is 3.11. The van der Waals surface area contributed by atoms with Crippen molar-refractivity contribution in [2.45, 2.75) is 31.9 Å². The van der Waals surface area contributed by atoms with Gasteiger partial charge in [0.05, 0.1) is 6.10 Å². The Labute approximate surface area is 87.9 Å². The second kappa shape index (κ2) is 4.53. The monoisotopic (exact) mass is 211 g/mol. The van der Waals surface area contributed by atoms with Gasteiger partial charge in [-0.3, -0.25) is 0 Å². The second-order valence-electron chi connectivity index (χ2n) is 3.77. The van der Waals surface area contributed by atoms with Gasteiger partial charge in [-0.25, -0.2) is 9.97 Å². The first kappa shape index (κ1) is 10.3. The van der Waals surface area contributed by atoms with Gasteiger partial charge in [0, 0.05) is 18.7 Å². The third kappa shape index (κ3) is 2.86. The van der Waals surface area contributed by atoms with Crippen molar-refractivity contribution in [2.24, 2.45) is 0 Å². The highest BCUT2D eigenvalue weighted by atomic mass is 19.1. The average Bonchev–Trinajstić information content (AvgIpc) is 2.17. The number of hydrogen-bond acceptors (Lipinski definition) is 4. The Morgan fingerprint density at radius 3 is 3.13 bits per heavy atom. The van der Waals surface area contributed by atoms with Crippen LogP contribution in [-0.2, 0) is 4.74 Å². The maximum Gasteiger partial charge on any atom is 0.217 e. The van der Waals surface area contributed by atoms with Crippen molar-refractivity contribution < 1.29 is 9.13 Å². The van der Waals surface area contributed by atoms with E-state index in [4.69, 9.17) is 4.74 Å². The van der Waals surface area contributed by atoms with Crippen molar-refractivity contribution in [3.05, 3.63) is 18.3 Å². The normalized spacial score (nSPS) is 26.3. The van der Waals surface area contributed by atoms with Crippen molar-refractivity contribution >= 4 is 5.82 Å². The summed E-state index contributed by atoms with van der Waals surface area (Å²) in [4.78, 5) is 7.36. The molecule has 1 N–H and O–H groups in total. The minimum Gasteiger partial charge on any atom is -0.378 e. The number of halogens is 1. The van der Waals surface area contributed by atoms with E-state index in [1.807, 2.05) is 6.92 Å². The minimum absolute atomic E-state index is 0.253. The summed E-state index contributed by atoms with van der Waals surface area (Å²) in [5.41, 5.74) is 0. The van der Waals surface area contributed by atoms with Gasteiger partial charge < -0.3 is 10.1 Å². The summed E-state index contributed by atoms with van der Waals surface area (Å²) in [5, 5.41) is 3.18. The van der Waals surface area contributed by atoms with E-state index >= 15 is 0 Å². The summed E-state index contributed by atoms with van der Waals surface area (Å²) in [6, 6.07) is 1.61. The van der Waals surface area contributed by atoms with Crippen molar-refractivity contribution in [3.63, 3.8) is 0 Å². The van der Waals surface area contributed by atoms with Crippen LogP contribution in [0.2, 0.25) is 0 Å². The molecule has 0 amide bonds. The van der Waals surface area contributed by atoms with Gasteiger partial charge >= 0.3 is 0 Å². The number of nitrogens with zero attached hydrogens (tertiary/aromatic N) is 2. The highest BCUT2D eigenvalue weighted by Gasteiger charge is 2.19. The van der Waals surface area contributed by atoms with Gasteiger partial charge in [-0.05, 0) is 19.8 Å². The van der Waals surface area contributed by atoms with E-state index in [9.17, 15) is 4.39 Å². The lowest BCUT2D eigenvalue weighted by Crippen LogP contribution is -2.32. The maximum atomic E-state index is 12.8. The van der Waals surface area contributed by atoms with Gasteiger partial charge in [0.15, 0.2) is 0 Å². The third-order valence-corrected chi connectivity index (χ3v) is 2.47. The topological polar surface area (TPSA) is 47.0 Å². The van der Waals surface area contributed by atoms with Gasteiger partial charge in [-0.1, -0.05) is 0 Å². The molecule has 0 bridgehead atoms. The number of anilines is 1. The van der Waals surface area contributed by atoms with E-state index < -0.39 is 5.95 Å². The van der Waals surface area contributed by atoms with Crippen molar-refractivity contribution in [2.75, 3.05) is 11.9 Å². The Hall–Kier alpha value is -1.23. The number of hydrogen-bond donors (Lipinski definition) is 1. The van der Waals surface area contributed by atoms with Crippen LogP contribution >= 0.6 is 0 Å². The Morgan fingerprint density at radius 2 is 2.40 bits per heavy atom. The highest BCUT2D eigenvalue weighted by molar-refractivity contribution is 5.33. The quantitative estimate of drug-likeness (QED) is 0.755. The second-order valence-corrected chi connectivity index (χ2v) is 3.77. The molecular weight excluding hydrogens is 197 g/mol. The molecule has 1 aliphatic rings. The van der Waals surface area contributed by atoms with E-state index in [2.05, 4.69) is 15.3 Å². The summed E-state index contributed by atoms with van der Waals surface area (Å²) in [5.74, 6) is 0.0363. The summed E-state index contributed by atoms with van der Waals surface area (Å²) in [6.45, 7) is 2.78. The van der Waals surface area contributed by atoms with Crippen molar-refractivity contribution in [3.8, 4) is 0 Å². The first-order valence-corrected chi connectivity index (χ1v) is 5.10. The van der Waals surface area contributed by atoms with Crippen LogP contribution in [0.15, 0.2) is 12.4 Å². The summed E-state index contributed by atoms with van der Waals surface area (Å²) < 4.78 is 18.2. The van der Waals surface area contributed by atoms with Crippen molar-refractivity contribution in [1.82, 2.24) is 9.97 Å². The molecule has 0 aromatic carbocycles. The van der Waals surface area contributed by atoms with Gasteiger partial charge in [-0.2, -0.15) is 4.39 Å². The van der Waals surface area contributed by atoms with E-state index in [-0.39, 0.29) is 6.10 Å². The number of nitrogens with one attached hydrogen (secondary N) is 1. The fourth-order valence-corrected chi connectivity index (χ4v) is 1.75. The standard InChI is InChI=1S/C10H14FN3O/c1-7-4-8(2-3-15-7)14-10-5-9(11)12-6-13-10/h5-8H,2-4H2,1H3,(H,12,13,14). The number of aromatic nitrogens is 2. The molecule has 2 heterocycles. The van der Waals surface area contributed by atoms with Crippen LogP contribution < -0.4 is 5.32 Å². The molecule has 1 aromatic rings. The first-order chi connectivity index (χ1) is 7.24. The van der Waals surface area contributed by atoms with Gasteiger partial charge in [0.25, 0.3) is 0 Å². The molecule has 15 heavy (non-hydrogen) atoms. The first-order valence-electron chi connectivity index (χ1n) is 5.10.